The first-order valence-electron chi connectivity index (χ1n) is 10.6. The molecule has 0 amide bonds. The fourth-order valence-electron chi connectivity index (χ4n) is 4.17. The molecule has 1 saturated carbocycles. The smallest absolute Gasteiger partial charge is 0.211 e. The lowest BCUT2D eigenvalue weighted by molar-refractivity contribution is 0.321. The Bertz CT molecular complexity index is 996. The molecule has 2 aromatic carbocycles. The van der Waals surface area contributed by atoms with Crippen molar-refractivity contribution < 1.29 is 13.2 Å². The second-order valence-electron chi connectivity index (χ2n) is 8.43. The van der Waals surface area contributed by atoms with Crippen molar-refractivity contribution in [2.45, 2.75) is 44.1 Å². The number of nitrogens with two attached hydrogens (primary N) is 1. The van der Waals surface area contributed by atoms with Gasteiger partial charge in [0.15, 0.2) is 0 Å². The van der Waals surface area contributed by atoms with Crippen molar-refractivity contribution in [2.24, 2.45) is 11.7 Å². The van der Waals surface area contributed by atoms with Crippen molar-refractivity contribution in [1.82, 2.24) is 4.72 Å². The highest BCUT2D eigenvalue weighted by Gasteiger charge is 2.29. The van der Waals surface area contributed by atoms with Gasteiger partial charge < -0.3 is 10.5 Å². The van der Waals surface area contributed by atoms with Crippen LogP contribution in [0.4, 0.5) is 0 Å². The van der Waals surface area contributed by atoms with E-state index in [1.807, 2.05) is 24.3 Å². The fourth-order valence-corrected chi connectivity index (χ4v) is 5.85. The number of aryl methyl sites for hydroxylation is 1. The third-order valence-electron chi connectivity index (χ3n) is 6.02. The van der Waals surface area contributed by atoms with Gasteiger partial charge in [-0.05, 0) is 72.9 Å². The zero-order valence-electron chi connectivity index (χ0n) is 17.4. The molecule has 2 aliphatic carbocycles. The van der Waals surface area contributed by atoms with E-state index in [2.05, 4.69) is 22.9 Å². The highest BCUT2D eigenvalue weighted by molar-refractivity contribution is 7.89. The van der Waals surface area contributed by atoms with E-state index in [0.29, 0.717) is 12.5 Å². The Morgan fingerprint density at radius 2 is 1.90 bits per heavy atom. The molecule has 2 aliphatic rings. The van der Waals surface area contributed by atoms with Crippen LogP contribution in [-0.4, -0.2) is 33.4 Å². The van der Waals surface area contributed by atoms with Crippen LogP contribution >= 0.6 is 24.0 Å². The second-order valence-corrected chi connectivity index (χ2v) is 10.7. The van der Waals surface area contributed by atoms with Crippen LogP contribution < -0.4 is 15.2 Å². The molecule has 0 heterocycles. The fraction of sp³-hybridized carbons (Fsp3) is 0.478. The maximum absolute atomic E-state index is 12.0. The van der Waals surface area contributed by atoms with Crippen LogP contribution in [0.1, 0.15) is 41.9 Å². The van der Waals surface area contributed by atoms with Crippen LogP contribution in [0.2, 0.25) is 5.02 Å². The van der Waals surface area contributed by atoms with E-state index in [9.17, 15) is 8.42 Å². The average molecular weight is 485 g/mol. The van der Waals surface area contributed by atoms with E-state index < -0.39 is 10.0 Å². The topological polar surface area (TPSA) is 81.4 Å². The quantitative estimate of drug-likeness (QED) is 0.525. The molecule has 8 heteroatoms. The molecule has 2 aromatic rings. The van der Waals surface area contributed by atoms with Crippen LogP contribution in [0.5, 0.6) is 5.75 Å². The number of benzene rings is 2. The molecule has 0 spiro atoms. The summed E-state index contributed by atoms with van der Waals surface area (Å²) >= 11 is 6.38. The minimum atomic E-state index is -3.20. The summed E-state index contributed by atoms with van der Waals surface area (Å²) < 4.78 is 32.4. The first-order valence-corrected chi connectivity index (χ1v) is 12.7. The number of rotatable bonds is 9. The molecule has 0 bridgehead atoms. The van der Waals surface area contributed by atoms with Gasteiger partial charge >= 0.3 is 0 Å². The summed E-state index contributed by atoms with van der Waals surface area (Å²) in [5, 5.41) is 0.766. The van der Waals surface area contributed by atoms with E-state index >= 15 is 0 Å². The third kappa shape index (κ3) is 6.59. The van der Waals surface area contributed by atoms with Crippen molar-refractivity contribution in [3.63, 3.8) is 0 Å². The lowest BCUT2D eigenvalue weighted by atomic mass is 9.76. The minimum Gasteiger partial charge on any atom is -0.492 e. The standard InChI is InChI=1S/C23H29ClN2O3S.ClH/c24-22-4-2-1-3-18(22)13-21-20-14-19(9-7-17(20)8-10-23(21)25)29-12-11-26-30(27,28)15-16-5-6-16;/h1-4,7,9,14,16,21,23,26H,5-6,8,10-13,15,25H2;1H. The number of hydrogen-bond donors (Lipinski definition) is 2. The Balaban J connectivity index is 0.00000272. The molecule has 31 heavy (non-hydrogen) atoms. The summed E-state index contributed by atoms with van der Waals surface area (Å²) in [6.45, 7) is 0.568. The summed E-state index contributed by atoms with van der Waals surface area (Å²) in [5.74, 6) is 1.49. The van der Waals surface area contributed by atoms with Crippen molar-refractivity contribution in [3.05, 3.63) is 64.2 Å². The van der Waals surface area contributed by atoms with Crippen molar-refractivity contribution in [1.29, 1.82) is 0 Å². The predicted octanol–water partition coefficient (Wildman–Crippen LogP) is 4.07. The largest absolute Gasteiger partial charge is 0.492 e. The van der Waals surface area contributed by atoms with Gasteiger partial charge in [-0.2, -0.15) is 0 Å². The van der Waals surface area contributed by atoms with Gasteiger partial charge in [0.1, 0.15) is 12.4 Å². The Morgan fingerprint density at radius 1 is 1.13 bits per heavy atom. The molecule has 5 nitrogen and oxygen atoms in total. The number of nitrogens with one attached hydrogen (secondary N) is 1. The van der Waals surface area contributed by atoms with Gasteiger partial charge in [-0.1, -0.05) is 35.9 Å². The Kier molecular flexibility index (Phi) is 8.27. The molecule has 170 valence electrons. The molecule has 3 N–H and O–H groups in total. The molecule has 2 atom stereocenters. The van der Waals surface area contributed by atoms with E-state index in [1.54, 1.807) is 0 Å². The van der Waals surface area contributed by atoms with Gasteiger partial charge in [0.25, 0.3) is 0 Å². The zero-order chi connectivity index (χ0) is 21.1. The van der Waals surface area contributed by atoms with E-state index in [4.69, 9.17) is 22.1 Å². The van der Waals surface area contributed by atoms with Crippen LogP contribution in [0.15, 0.2) is 42.5 Å². The van der Waals surface area contributed by atoms with E-state index in [1.165, 1.54) is 11.1 Å². The molecule has 0 saturated heterocycles. The van der Waals surface area contributed by atoms with E-state index in [-0.39, 0.29) is 36.7 Å². The number of hydrogen-bond acceptors (Lipinski definition) is 4. The molecule has 0 aliphatic heterocycles. The third-order valence-corrected chi connectivity index (χ3v) is 7.95. The van der Waals surface area contributed by atoms with Gasteiger partial charge in [0, 0.05) is 23.5 Å². The summed E-state index contributed by atoms with van der Waals surface area (Å²) in [7, 11) is -3.20. The van der Waals surface area contributed by atoms with Gasteiger partial charge in [-0.15, -0.1) is 12.4 Å². The Labute approximate surface area is 196 Å². The zero-order valence-corrected chi connectivity index (χ0v) is 19.8. The van der Waals surface area contributed by atoms with Crippen LogP contribution in [0.3, 0.4) is 0 Å². The average Bonchev–Trinajstić information content (AvgIpc) is 3.52. The summed E-state index contributed by atoms with van der Waals surface area (Å²) in [6.07, 6.45) is 4.73. The summed E-state index contributed by atoms with van der Waals surface area (Å²) in [6, 6.07) is 14.1. The van der Waals surface area contributed by atoms with Gasteiger partial charge in [-0.3, -0.25) is 0 Å². The van der Waals surface area contributed by atoms with Crippen molar-refractivity contribution in [2.75, 3.05) is 18.9 Å². The second kappa shape index (κ2) is 10.5. The minimum absolute atomic E-state index is 0. The van der Waals surface area contributed by atoms with Crippen molar-refractivity contribution in [3.8, 4) is 5.75 Å². The predicted molar refractivity (Wildman–Crippen MR) is 128 cm³/mol. The number of sulfonamides is 1. The van der Waals surface area contributed by atoms with E-state index in [0.717, 1.165) is 48.4 Å². The van der Waals surface area contributed by atoms with Crippen molar-refractivity contribution >= 4 is 34.0 Å². The molecule has 0 aromatic heterocycles. The maximum Gasteiger partial charge on any atom is 0.211 e. The number of fused-ring (bicyclic) bond motifs is 1. The Morgan fingerprint density at radius 3 is 2.65 bits per heavy atom. The molecule has 4 rings (SSSR count). The number of halogens is 2. The van der Waals surface area contributed by atoms with Crippen LogP contribution in [-0.2, 0) is 22.9 Å². The van der Waals surface area contributed by atoms with Crippen LogP contribution in [0, 0.1) is 5.92 Å². The Hall–Kier alpha value is -1.31. The summed E-state index contributed by atoms with van der Waals surface area (Å²) in [4.78, 5) is 0. The SMILES string of the molecule is Cl.NC1CCc2ccc(OCCNS(=O)(=O)CC3CC3)cc2C1Cc1ccccc1Cl. The van der Waals surface area contributed by atoms with Gasteiger partial charge in [0.2, 0.25) is 10.0 Å². The molecular formula is C23H30Cl2N2O3S. The van der Waals surface area contributed by atoms with Gasteiger partial charge in [0.05, 0.1) is 5.75 Å². The van der Waals surface area contributed by atoms with Gasteiger partial charge in [-0.25, -0.2) is 13.1 Å². The summed E-state index contributed by atoms with van der Waals surface area (Å²) in [5.41, 5.74) is 10.1. The normalized spacial score (nSPS) is 20.6. The molecule has 0 radical (unpaired) electrons. The highest BCUT2D eigenvalue weighted by Crippen LogP contribution is 2.37. The first-order chi connectivity index (χ1) is 14.4. The number of ether oxygens (including phenoxy) is 1. The maximum atomic E-state index is 12.0. The van der Waals surface area contributed by atoms with Crippen LogP contribution in [0.25, 0.3) is 0 Å². The first kappa shape index (κ1) is 24.3. The highest BCUT2D eigenvalue weighted by atomic mass is 35.5. The molecular weight excluding hydrogens is 455 g/mol. The molecule has 2 unspecified atom stereocenters. The monoisotopic (exact) mass is 484 g/mol. The molecule has 1 fully saturated rings. The lowest BCUT2D eigenvalue weighted by Crippen LogP contribution is -2.34. The lowest BCUT2D eigenvalue weighted by Gasteiger charge is -2.32.